The standard InChI is InChI=1S/C21H23N5O4S/c1-5-25-20(15-6-8-16(30-4)9-7-15)23-24-21(25)31-12-19(27)22-17-10-13(2)14(3)11-18(17)26(28)29/h6-11H,5,12H2,1-4H3,(H,22,27). The molecule has 0 aliphatic carbocycles. The Morgan fingerprint density at radius 1 is 1.19 bits per heavy atom. The Morgan fingerprint density at radius 2 is 1.87 bits per heavy atom. The maximum atomic E-state index is 12.5. The largest absolute Gasteiger partial charge is 0.497 e. The van der Waals surface area contributed by atoms with Gasteiger partial charge in [-0.1, -0.05) is 11.8 Å². The average molecular weight is 442 g/mol. The lowest BCUT2D eigenvalue weighted by Gasteiger charge is -2.10. The number of carbonyl (C=O) groups excluding carboxylic acids is 1. The summed E-state index contributed by atoms with van der Waals surface area (Å²) in [4.78, 5) is 23.3. The number of anilines is 1. The fraction of sp³-hybridized carbons (Fsp3) is 0.286. The molecule has 9 nitrogen and oxygen atoms in total. The van der Waals surface area contributed by atoms with E-state index >= 15 is 0 Å². The second kappa shape index (κ2) is 9.61. The number of nitrogens with zero attached hydrogens (tertiary/aromatic N) is 4. The quantitative estimate of drug-likeness (QED) is 0.316. The minimum Gasteiger partial charge on any atom is -0.497 e. The first-order chi connectivity index (χ1) is 14.8. The molecule has 3 rings (SSSR count). The summed E-state index contributed by atoms with van der Waals surface area (Å²) in [5.41, 5.74) is 2.61. The number of hydrogen-bond donors (Lipinski definition) is 1. The number of methoxy groups -OCH3 is 1. The summed E-state index contributed by atoms with van der Waals surface area (Å²) in [5.74, 6) is 1.13. The molecule has 0 aliphatic rings. The molecule has 3 aromatic rings. The molecule has 0 saturated heterocycles. The van der Waals surface area contributed by atoms with Crippen LogP contribution in [0.25, 0.3) is 11.4 Å². The number of nitro groups is 1. The predicted molar refractivity (Wildman–Crippen MR) is 120 cm³/mol. The van der Waals surface area contributed by atoms with Crippen LogP contribution in [-0.2, 0) is 11.3 Å². The number of carbonyl (C=O) groups is 1. The van der Waals surface area contributed by atoms with Crippen molar-refractivity contribution in [3.63, 3.8) is 0 Å². The van der Waals surface area contributed by atoms with Gasteiger partial charge in [0.25, 0.3) is 5.69 Å². The molecule has 1 heterocycles. The molecular weight excluding hydrogens is 418 g/mol. The van der Waals surface area contributed by atoms with E-state index in [0.717, 1.165) is 22.4 Å². The van der Waals surface area contributed by atoms with Crippen LogP contribution in [0.5, 0.6) is 5.75 Å². The third-order valence-electron chi connectivity index (χ3n) is 4.80. The molecule has 31 heavy (non-hydrogen) atoms. The SMILES string of the molecule is CCn1c(SCC(=O)Nc2cc(C)c(C)cc2[N+](=O)[O-])nnc1-c1ccc(OC)cc1. The smallest absolute Gasteiger partial charge is 0.293 e. The minimum atomic E-state index is -0.496. The Kier molecular flexibility index (Phi) is 6.91. The molecule has 1 amide bonds. The number of aromatic nitrogens is 3. The fourth-order valence-corrected chi connectivity index (χ4v) is 3.81. The highest BCUT2D eigenvalue weighted by Gasteiger charge is 2.19. The van der Waals surface area contributed by atoms with Gasteiger partial charge in [-0.15, -0.1) is 10.2 Å². The third-order valence-corrected chi connectivity index (χ3v) is 5.76. The maximum Gasteiger partial charge on any atom is 0.293 e. The molecule has 0 spiro atoms. The highest BCUT2D eigenvalue weighted by atomic mass is 32.2. The number of ether oxygens (including phenoxy) is 1. The third kappa shape index (κ3) is 5.02. The van der Waals surface area contributed by atoms with Crippen LogP contribution in [0, 0.1) is 24.0 Å². The van der Waals surface area contributed by atoms with Gasteiger partial charge < -0.3 is 14.6 Å². The highest BCUT2D eigenvalue weighted by Crippen LogP contribution is 2.29. The first-order valence-corrected chi connectivity index (χ1v) is 10.6. The van der Waals surface area contributed by atoms with E-state index in [1.165, 1.54) is 17.8 Å². The van der Waals surface area contributed by atoms with Gasteiger partial charge in [0.15, 0.2) is 11.0 Å². The Morgan fingerprint density at radius 3 is 2.48 bits per heavy atom. The van der Waals surface area contributed by atoms with Gasteiger partial charge in [-0.2, -0.15) is 0 Å². The van der Waals surface area contributed by atoms with Crippen LogP contribution in [0.1, 0.15) is 18.1 Å². The highest BCUT2D eigenvalue weighted by molar-refractivity contribution is 7.99. The van der Waals surface area contributed by atoms with Crippen molar-refractivity contribution < 1.29 is 14.5 Å². The average Bonchev–Trinajstić information content (AvgIpc) is 3.17. The van der Waals surface area contributed by atoms with E-state index in [1.54, 1.807) is 20.1 Å². The lowest BCUT2D eigenvalue weighted by Crippen LogP contribution is -2.16. The molecule has 162 valence electrons. The van der Waals surface area contributed by atoms with E-state index in [-0.39, 0.29) is 23.0 Å². The van der Waals surface area contributed by atoms with Crippen molar-refractivity contribution in [3.05, 3.63) is 57.6 Å². The van der Waals surface area contributed by atoms with Crippen molar-refractivity contribution in [1.29, 1.82) is 0 Å². The molecule has 0 unspecified atom stereocenters. The maximum absolute atomic E-state index is 12.5. The molecule has 0 bridgehead atoms. The Balaban J connectivity index is 1.73. The summed E-state index contributed by atoms with van der Waals surface area (Å²) in [7, 11) is 1.61. The molecule has 1 aromatic heterocycles. The first-order valence-electron chi connectivity index (χ1n) is 9.60. The topological polar surface area (TPSA) is 112 Å². The number of aryl methyl sites for hydroxylation is 2. The second-order valence-corrected chi connectivity index (χ2v) is 7.77. The van der Waals surface area contributed by atoms with Crippen molar-refractivity contribution in [3.8, 4) is 17.1 Å². The molecule has 10 heteroatoms. The Bertz CT molecular complexity index is 1110. The Labute approximate surface area is 184 Å². The van der Waals surface area contributed by atoms with Crippen LogP contribution in [0.2, 0.25) is 0 Å². The monoisotopic (exact) mass is 441 g/mol. The molecule has 2 aromatic carbocycles. The molecule has 0 radical (unpaired) electrons. The van der Waals surface area contributed by atoms with E-state index in [1.807, 2.05) is 42.7 Å². The summed E-state index contributed by atoms with van der Waals surface area (Å²) in [6.07, 6.45) is 0. The first kappa shape index (κ1) is 22.3. The zero-order valence-electron chi connectivity index (χ0n) is 17.7. The van der Waals surface area contributed by atoms with Gasteiger partial charge >= 0.3 is 0 Å². The van der Waals surface area contributed by atoms with Crippen LogP contribution in [-0.4, -0.2) is 38.5 Å². The van der Waals surface area contributed by atoms with Gasteiger partial charge in [-0.3, -0.25) is 14.9 Å². The summed E-state index contributed by atoms with van der Waals surface area (Å²) in [6.45, 7) is 6.23. The van der Waals surface area contributed by atoms with E-state index in [2.05, 4.69) is 15.5 Å². The second-order valence-electron chi connectivity index (χ2n) is 6.83. The number of rotatable bonds is 8. The summed E-state index contributed by atoms with van der Waals surface area (Å²) >= 11 is 1.23. The van der Waals surface area contributed by atoms with Crippen LogP contribution < -0.4 is 10.1 Å². The van der Waals surface area contributed by atoms with Crippen LogP contribution >= 0.6 is 11.8 Å². The molecule has 0 aliphatic heterocycles. The lowest BCUT2D eigenvalue weighted by atomic mass is 10.1. The van der Waals surface area contributed by atoms with Crippen LogP contribution in [0.15, 0.2) is 41.6 Å². The van der Waals surface area contributed by atoms with E-state index in [9.17, 15) is 14.9 Å². The van der Waals surface area contributed by atoms with Gasteiger partial charge in [-0.05, 0) is 62.2 Å². The van der Waals surface area contributed by atoms with Crippen LogP contribution in [0.3, 0.4) is 0 Å². The molecule has 0 atom stereocenters. The Hall–Kier alpha value is -3.40. The van der Waals surface area contributed by atoms with Gasteiger partial charge in [-0.25, -0.2) is 0 Å². The van der Waals surface area contributed by atoms with Gasteiger partial charge in [0, 0.05) is 18.2 Å². The van der Waals surface area contributed by atoms with Crippen molar-refractivity contribution >= 4 is 29.0 Å². The van der Waals surface area contributed by atoms with Gasteiger partial charge in [0.2, 0.25) is 5.91 Å². The van der Waals surface area contributed by atoms with Gasteiger partial charge in [0.05, 0.1) is 17.8 Å². The van der Waals surface area contributed by atoms with E-state index < -0.39 is 4.92 Å². The van der Waals surface area contributed by atoms with Crippen molar-refractivity contribution in [2.75, 3.05) is 18.2 Å². The zero-order chi connectivity index (χ0) is 22.5. The zero-order valence-corrected chi connectivity index (χ0v) is 18.5. The van der Waals surface area contributed by atoms with Crippen LogP contribution in [0.4, 0.5) is 11.4 Å². The lowest BCUT2D eigenvalue weighted by molar-refractivity contribution is -0.384. The van der Waals surface area contributed by atoms with E-state index in [0.29, 0.717) is 17.5 Å². The normalized spacial score (nSPS) is 10.7. The minimum absolute atomic E-state index is 0.0465. The number of benzene rings is 2. The molecule has 0 saturated carbocycles. The van der Waals surface area contributed by atoms with E-state index in [4.69, 9.17) is 4.74 Å². The molecule has 1 N–H and O–H groups in total. The number of nitrogens with one attached hydrogen (secondary N) is 1. The van der Waals surface area contributed by atoms with Crippen molar-refractivity contribution in [1.82, 2.24) is 14.8 Å². The number of thioether (sulfide) groups is 1. The number of nitro benzene ring substituents is 1. The fourth-order valence-electron chi connectivity index (χ4n) is 3.00. The molecule has 0 fully saturated rings. The van der Waals surface area contributed by atoms with Crippen molar-refractivity contribution in [2.24, 2.45) is 0 Å². The van der Waals surface area contributed by atoms with Gasteiger partial charge in [0.1, 0.15) is 11.4 Å². The summed E-state index contributed by atoms with van der Waals surface area (Å²) in [6, 6.07) is 10.6. The number of amides is 1. The summed E-state index contributed by atoms with van der Waals surface area (Å²) < 4.78 is 7.10. The number of hydrogen-bond acceptors (Lipinski definition) is 7. The predicted octanol–water partition coefficient (Wildman–Crippen LogP) is 4.23. The molecular formula is C21H23N5O4S. The summed E-state index contributed by atoms with van der Waals surface area (Å²) in [5, 5.41) is 23.0. The van der Waals surface area contributed by atoms with Crippen molar-refractivity contribution in [2.45, 2.75) is 32.5 Å².